The van der Waals surface area contributed by atoms with Crippen molar-refractivity contribution in [2.45, 2.75) is 13.8 Å². The van der Waals surface area contributed by atoms with E-state index in [1.54, 1.807) is 20.4 Å². The molecule has 3 rings (SSSR count). The third-order valence-electron chi connectivity index (χ3n) is 4.07. The van der Waals surface area contributed by atoms with Crippen LogP contribution in [0.4, 0.5) is 5.82 Å². The normalized spacial score (nSPS) is 11.0. The van der Waals surface area contributed by atoms with E-state index < -0.39 is 0 Å². The Hall–Kier alpha value is -3.08. The number of benzene rings is 2. The Morgan fingerprint density at radius 1 is 1.00 bits per heavy atom. The molecule has 0 atom stereocenters. The SMILES string of the molecule is COc1ccc(/C=N\Nc2cc(C)c3cccc(C)c3n2)c(OC)c1. The smallest absolute Gasteiger partial charge is 0.147 e. The van der Waals surface area contributed by atoms with Crippen molar-refractivity contribution in [3.05, 3.63) is 59.2 Å². The van der Waals surface area contributed by atoms with E-state index in [1.165, 1.54) is 0 Å². The summed E-state index contributed by atoms with van der Waals surface area (Å²) in [5.74, 6) is 2.15. The fraction of sp³-hybridized carbons (Fsp3) is 0.200. The average molecular weight is 335 g/mol. The summed E-state index contributed by atoms with van der Waals surface area (Å²) in [5.41, 5.74) is 7.15. The second-order valence-electron chi connectivity index (χ2n) is 5.77. The van der Waals surface area contributed by atoms with Gasteiger partial charge in [0.05, 0.1) is 26.0 Å². The molecule has 5 heteroatoms. The Morgan fingerprint density at radius 2 is 1.84 bits per heavy atom. The molecule has 0 aliphatic carbocycles. The summed E-state index contributed by atoms with van der Waals surface area (Å²) in [7, 11) is 3.25. The van der Waals surface area contributed by atoms with Gasteiger partial charge < -0.3 is 9.47 Å². The molecule has 0 saturated carbocycles. The van der Waals surface area contributed by atoms with Crippen LogP contribution in [-0.4, -0.2) is 25.4 Å². The number of methoxy groups -OCH3 is 2. The number of ether oxygens (including phenoxy) is 2. The van der Waals surface area contributed by atoms with Crippen LogP contribution >= 0.6 is 0 Å². The van der Waals surface area contributed by atoms with Gasteiger partial charge in [0, 0.05) is 17.0 Å². The second-order valence-corrected chi connectivity index (χ2v) is 5.77. The van der Waals surface area contributed by atoms with Crippen LogP contribution in [0.1, 0.15) is 16.7 Å². The Kier molecular flexibility index (Phi) is 4.84. The van der Waals surface area contributed by atoms with Crippen LogP contribution in [0.2, 0.25) is 0 Å². The van der Waals surface area contributed by atoms with Gasteiger partial charge in [-0.05, 0) is 43.2 Å². The van der Waals surface area contributed by atoms with Crippen LogP contribution in [0.5, 0.6) is 11.5 Å². The van der Waals surface area contributed by atoms with Gasteiger partial charge in [-0.1, -0.05) is 18.2 Å². The topological polar surface area (TPSA) is 55.7 Å². The Morgan fingerprint density at radius 3 is 2.60 bits per heavy atom. The zero-order chi connectivity index (χ0) is 17.8. The lowest BCUT2D eigenvalue weighted by Crippen LogP contribution is -1.98. The molecular weight excluding hydrogens is 314 g/mol. The van der Waals surface area contributed by atoms with E-state index in [0.29, 0.717) is 11.6 Å². The fourth-order valence-corrected chi connectivity index (χ4v) is 2.71. The number of nitrogens with one attached hydrogen (secondary N) is 1. The van der Waals surface area contributed by atoms with E-state index >= 15 is 0 Å². The number of hydrogen-bond donors (Lipinski definition) is 1. The molecule has 5 nitrogen and oxygen atoms in total. The van der Waals surface area contributed by atoms with Gasteiger partial charge >= 0.3 is 0 Å². The van der Waals surface area contributed by atoms with Gasteiger partial charge in [0.2, 0.25) is 0 Å². The second kappa shape index (κ2) is 7.21. The van der Waals surface area contributed by atoms with Crippen LogP contribution < -0.4 is 14.9 Å². The molecule has 0 aliphatic heterocycles. The molecule has 3 aromatic rings. The molecule has 0 radical (unpaired) electrons. The number of para-hydroxylation sites is 1. The van der Waals surface area contributed by atoms with Gasteiger partial charge in [-0.25, -0.2) is 4.98 Å². The molecule has 1 N–H and O–H groups in total. The number of hydrazone groups is 1. The largest absolute Gasteiger partial charge is 0.497 e. The van der Waals surface area contributed by atoms with Crippen LogP contribution in [-0.2, 0) is 0 Å². The number of fused-ring (bicyclic) bond motifs is 1. The third-order valence-corrected chi connectivity index (χ3v) is 4.07. The van der Waals surface area contributed by atoms with E-state index in [1.807, 2.05) is 30.3 Å². The number of hydrogen-bond acceptors (Lipinski definition) is 5. The summed E-state index contributed by atoms with van der Waals surface area (Å²) in [4.78, 5) is 4.66. The lowest BCUT2D eigenvalue weighted by molar-refractivity contribution is 0.394. The number of aryl methyl sites for hydroxylation is 2. The number of pyridine rings is 1. The fourth-order valence-electron chi connectivity index (χ4n) is 2.71. The molecule has 0 aliphatic rings. The summed E-state index contributed by atoms with van der Waals surface area (Å²) in [5, 5.41) is 5.45. The van der Waals surface area contributed by atoms with Crippen molar-refractivity contribution in [1.29, 1.82) is 0 Å². The van der Waals surface area contributed by atoms with Crippen molar-refractivity contribution in [2.75, 3.05) is 19.6 Å². The van der Waals surface area contributed by atoms with Crippen molar-refractivity contribution < 1.29 is 9.47 Å². The maximum Gasteiger partial charge on any atom is 0.147 e. The van der Waals surface area contributed by atoms with E-state index in [4.69, 9.17) is 9.47 Å². The zero-order valence-electron chi connectivity index (χ0n) is 14.8. The van der Waals surface area contributed by atoms with Crippen LogP contribution in [0, 0.1) is 13.8 Å². The predicted octanol–water partition coefficient (Wildman–Crippen LogP) is 4.31. The van der Waals surface area contributed by atoms with Gasteiger partial charge in [0.1, 0.15) is 17.3 Å². The van der Waals surface area contributed by atoms with Crippen molar-refractivity contribution in [2.24, 2.45) is 5.10 Å². The number of nitrogens with zero attached hydrogens (tertiary/aromatic N) is 2. The van der Waals surface area contributed by atoms with Gasteiger partial charge in [-0.2, -0.15) is 5.10 Å². The standard InChI is InChI=1S/C20H21N3O2/c1-13-6-5-7-17-14(2)10-19(22-20(13)17)23-21-12-15-8-9-16(24-3)11-18(15)25-4/h5-12H,1-4H3,(H,22,23)/b21-12-. The zero-order valence-corrected chi connectivity index (χ0v) is 14.8. The quantitative estimate of drug-likeness (QED) is 0.557. The summed E-state index contributed by atoms with van der Waals surface area (Å²) >= 11 is 0. The molecule has 0 unspecified atom stereocenters. The van der Waals surface area contributed by atoms with Gasteiger partial charge in [0.25, 0.3) is 0 Å². The first kappa shape index (κ1) is 16.8. The van der Waals surface area contributed by atoms with Gasteiger partial charge in [-0.15, -0.1) is 0 Å². The number of aromatic nitrogens is 1. The first-order valence-corrected chi connectivity index (χ1v) is 8.00. The van der Waals surface area contributed by atoms with Crippen molar-refractivity contribution >= 4 is 22.9 Å². The monoisotopic (exact) mass is 335 g/mol. The molecule has 0 amide bonds. The lowest BCUT2D eigenvalue weighted by atomic mass is 10.1. The molecular formula is C20H21N3O2. The Labute approximate surface area is 147 Å². The molecule has 1 heterocycles. The van der Waals surface area contributed by atoms with E-state index in [2.05, 4.69) is 41.5 Å². The van der Waals surface area contributed by atoms with Gasteiger partial charge in [0.15, 0.2) is 0 Å². The predicted molar refractivity (Wildman–Crippen MR) is 102 cm³/mol. The molecule has 0 bridgehead atoms. The van der Waals surface area contributed by atoms with E-state index in [0.717, 1.165) is 33.3 Å². The molecule has 128 valence electrons. The number of rotatable bonds is 5. The molecule has 1 aromatic heterocycles. The highest BCUT2D eigenvalue weighted by Crippen LogP contribution is 2.24. The van der Waals surface area contributed by atoms with Gasteiger partial charge in [-0.3, -0.25) is 5.43 Å². The summed E-state index contributed by atoms with van der Waals surface area (Å²) in [6.07, 6.45) is 1.71. The molecule has 0 fully saturated rings. The molecule has 0 spiro atoms. The van der Waals surface area contributed by atoms with Crippen LogP contribution in [0.15, 0.2) is 47.6 Å². The Bertz CT molecular complexity index is 936. The summed E-state index contributed by atoms with van der Waals surface area (Å²) < 4.78 is 10.6. The summed E-state index contributed by atoms with van der Waals surface area (Å²) in [6.45, 7) is 4.13. The highest BCUT2D eigenvalue weighted by molar-refractivity contribution is 5.87. The average Bonchev–Trinajstić information content (AvgIpc) is 2.63. The van der Waals surface area contributed by atoms with Crippen LogP contribution in [0.25, 0.3) is 10.9 Å². The van der Waals surface area contributed by atoms with E-state index in [-0.39, 0.29) is 0 Å². The van der Waals surface area contributed by atoms with E-state index in [9.17, 15) is 0 Å². The first-order chi connectivity index (χ1) is 12.1. The Balaban J connectivity index is 1.85. The minimum Gasteiger partial charge on any atom is -0.497 e. The van der Waals surface area contributed by atoms with Crippen molar-refractivity contribution in [3.8, 4) is 11.5 Å². The third kappa shape index (κ3) is 3.55. The first-order valence-electron chi connectivity index (χ1n) is 8.00. The van der Waals surface area contributed by atoms with Crippen molar-refractivity contribution in [3.63, 3.8) is 0 Å². The van der Waals surface area contributed by atoms with Crippen LogP contribution in [0.3, 0.4) is 0 Å². The highest BCUT2D eigenvalue weighted by atomic mass is 16.5. The lowest BCUT2D eigenvalue weighted by Gasteiger charge is -2.08. The maximum absolute atomic E-state index is 5.37. The summed E-state index contributed by atoms with van der Waals surface area (Å²) in [6, 6.07) is 13.8. The molecule has 0 saturated heterocycles. The molecule has 25 heavy (non-hydrogen) atoms. The number of anilines is 1. The van der Waals surface area contributed by atoms with Crippen molar-refractivity contribution in [1.82, 2.24) is 4.98 Å². The molecule has 2 aromatic carbocycles. The minimum absolute atomic E-state index is 0.698. The maximum atomic E-state index is 5.37. The highest BCUT2D eigenvalue weighted by Gasteiger charge is 2.05. The minimum atomic E-state index is 0.698.